The first-order chi connectivity index (χ1) is 9.81. The van der Waals surface area contributed by atoms with Crippen LogP contribution >= 0.6 is 11.9 Å². The first kappa shape index (κ1) is 14.2. The van der Waals surface area contributed by atoms with Crippen molar-refractivity contribution in [2.45, 2.75) is 25.3 Å². The molecule has 0 N–H and O–H groups in total. The molecule has 1 atom stereocenters. The fraction of sp³-hybridized carbons (Fsp3) is 0.600. The molecule has 0 saturated carbocycles. The van der Waals surface area contributed by atoms with Gasteiger partial charge in [-0.1, -0.05) is 11.9 Å². The van der Waals surface area contributed by atoms with Crippen LogP contribution in [0.25, 0.3) is 0 Å². The van der Waals surface area contributed by atoms with Crippen LogP contribution in [0.2, 0.25) is 0 Å². The molecule has 0 radical (unpaired) electrons. The van der Waals surface area contributed by atoms with Crippen molar-refractivity contribution >= 4 is 11.9 Å². The third-order valence-corrected chi connectivity index (χ3v) is 4.80. The highest BCUT2D eigenvalue weighted by atomic mass is 32.2. The van der Waals surface area contributed by atoms with Gasteiger partial charge in [-0.25, -0.2) is 8.70 Å². The summed E-state index contributed by atoms with van der Waals surface area (Å²) in [6, 6.07) is 7.05. The highest BCUT2D eigenvalue weighted by Gasteiger charge is 2.31. The molecule has 0 bridgehead atoms. The van der Waals surface area contributed by atoms with E-state index in [-0.39, 0.29) is 5.82 Å². The zero-order valence-corrected chi connectivity index (χ0v) is 12.4. The van der Waals surface area contributed by atoms with Crippen molar-refractivity contribution in [1.29, 1.82) is 0 Å². The monoisotopic (exact) mass is 296 g/mol. The number of likely N-dealkylation sites (tertiary alicyclic amines) is 1. The van der Waals surface area contributed by atoms with E-state index in [1.54, 1.807) is 12.1 Å². The van der Waals surface area contributed by atoms with E-state index < -0.39 is 0 Å². The zero-order valence-electron chi connectivity index (χ0n) is 11.6. The molecule has 3 rings (SSSR count). The summed E-state index contributed by atoms with van der Waals surface area (Å²) in [4.78, 5) is 2.53. The van der Waals surface area contributed by atoms with E-state index in [4.69, 9.17) is 4.74 Å². The average Bonchev–Trinajstić information content (AvgIpc) is 3.31. The van der Waals surface area contributed by atoms with Crippen molar-refractivity contribution in [3.8, 4) is 5.75 Å². The van der Waals surface area contributed by atoms with Crippen LogP contribution in [0.1, 0.15) is 19.3 Å². The largest absolute Gasteiger partial charge is 0.494 e. The number of halogens is 1. The number of benzene rings is 1. The summed E-state index contributed by atoms with van der Waals surface area (Å²) in [6.07, 6.45) is 3.62. The number of hydrogen-bond acceptors (Lipinski definition) is 4. The minimum atomic E-state index is -0.218. The SMILES string of the molecule is Fc1ccc(OCCCN2CCC(N3CS3)CC2)cc1. The number of ether oxygens (including phenoxy) is 1. The van der Waals surface area contributed by atoms with Crippen molar-refractivity contribution < 1.29 is 9.13 Å². The standard InChI is InChI=1S/C15H21FN2OS/c16-13-2-4-15(5-3-13)19-11-1-8-17-9-6-14(7-10-17)18-12-20-18/h2-5,14H,1,6-12H2. The van der Waals surface area contributed by atoms with Crippen LogP contribution in [0.4, 0.5) is 4.39 Å². The summed E-state index contributed by atoms with van der Waals surface area (Å²) < 4.78 is 20.9. The predicted octanol–water partition coefficient (Wildman–Crippen LogP) is 2.98. The third-order valence-electron chi connectivity index (χ3n) is 3.94. The van der Waals surface area contributed by atoms with Gasteiger partial charge in [-0.2, -0.15) is 0 Å². The van der Waals surface area contributed by atoms with Gasteiger partial charge < -0.3 is 9.64 Å². The van der Waals surface area contributed by atoms with Gasteiger partial charge in [0.2, 0.25) is 0 Å². The lowest BCUT2D eigenvalue weighted by Crippen LogP contribution is -2.39. The second-order valence-corrected chi connectivity index (χ2v) is 6.39. The van der Waals surface area contributed by atoms with Crippen LogP contribution in [-0.2, 0) is 0 Å². The molecule has 2 saturated heterocycles. The van der Waals surface area contributed by atoms with Crippen molar-refractivity contribution in [3.05, 3.63) is 30.1 Å². The molecule has 110 valence electrons. The maximum atomic E-state index is 12.7. The molecule has 5 heteroatoms. The van der Waals surface area contributed by atoms with Crippen LogP contribution in [-0.4, -0.2) is 47.4 Å². The molecule has 0 spiro atoms. The Morgan fingerprint density at radius 1 is 1.20 bits per heavy atom. The van der Waals surface area contributed by atoms with Crippen molar-refractivity contribution in [3.63, 3.8) is 0 Å². The molecular formula is C15H21FN2OS. The Bertz CT molecular complexity index is 416. The van der Waals surface area contributed by atoms with Gasteiger partial charge in [0.25, 0.3) is 0 Å². The Hall–Kier alpha value is -0.780. The molecule has 0 aliphatic carbocycles. The van der Waals surface area contributed by atoms with Gasteiger partial charge in [0.1, 0.15) is 11.6 Å². The Balaban J connectivity index is 1.29. The summed E-state index contributed by atoms with van der Waals surface area (Å²) >= 11 is 1.96. The van der Waals surface area contributed by atoms with E-state index in [0.29, 0.717) is 6.61 Å². The van der Waals surface area contributed by atoms with Gasteiger partial charge in [0, 0.05) is 12.6 Å². The van der Waals surface area contributed by atoms with Crippen molar-refractivity contribution in [2.75, 3.05) is 32.1 Å². The van der Waals surface area contributed by atoms with Gasteiger partial charge >= 0.3 is 0 Å². The number of piperidine rings is 1. The lowest BCUT2D eigenvalue weighted by molar-refractivity contribution is 0.170. The Labute approximate surface area is 124 Å². The molecule has 1 unspecified atom stereocenters. The Morgan fingerprint density at radius 2 is 1.90 bits per heavy atom. The van der Waals surface area contributed by atoms with E-state index in [2.05, 4.69) is 9.21 Å². The van der Waals surface area contributed by atoms with Crippen LogP contribution in [0.5, 0.6) is 5.75 Å². The topological polar surface area (TPSA) is 15.5 Å². The zero-order chi connectivity index (χ0) is 13.8. The highest BCUT2D eigenvalue weighted by Crippen LogP contribution is 2.35. The summed E-state index contributed by atoms with van der Waals surface area (Å²) in [5.41, 5.74) is 0. The quantitative estimate of drug-likeness (QED) is 0.455. The number of rotatable bonds is 6. The predicted molar refractivity (Wildman–Crippen MR) is 80.3 cm³/mol. The van der Waals surface area contributed by atoms with Gasteiger partial charge in [-0.15, -0.1) is 0 Å². The first-order valence-corrected chi connectivity index (χ1v) is 8.26. The molecule has 2 aliphatic heterocycles. The minimum Gasteiger partial charge on any atom is -0.494 e. The lowest BCUT2D eigenvalue weighted by Gasteiger charge is -2.31. The molecular weight excluding hydrogens is 275 g/mol. The second kappa shape index (κ2) is 6.78. The summed E-state index contributed by atoms with van der Waals surface area (Å²) in [7, 11) is 0. The van der Waals surface area contributed by atoms with E-state index >= 15 is 0 Å². The molecule has 1 aromatic rings. The highest BCUT2D eigenvalue weighted by molar-refractivity contribution is 8.03. The second-order valence-electron chi connectivity index (χ2n) is 5.40. The van der Waals surface area contributed by atoms with Crippen LogP contribution in [0, 0.1) is 5.82 Å². The smallest absolute Gasteiger partial charge is 0.123 e. The molecule has 2 heterocycles. The summed E-state index contributed by atoms with van der Waals surface area (Å²) in [6.45, 7) is 4.21. The van der Waals surface area contributed by atoms with Crippen molar-refractivity contribution in [2.24, 2.45) is 0 Å². The Morgan fingerprint density at radius 3 is 2.55 bits per heavy atom. The molecule has 2 fully saturated rings. The fourth-order valence-electron chi connectivity index (χ4n) is 2.68. The minimum absolute atomic E-state index is 0.218. The number of hydrogen-bond donors (Lipinski definition) is 0. The molecule has 2 aliphatic rings. The normalized spacial score (nSPS) is 23.8. The van der Waals surface area contributed by atoms with E-state index in [1.165, 1.54) is 43.9 Å². The number of nitrogens with zero attached hydrogens (tertiary/aromatic N) is 2. The van der Waals surface area contributed by atoms with Gasteiger partial charge in [-0.3, -0.25) is 0 Å². The average molecular weight is 296 g/mol. The van der Waals surface area contributed by atoms with Gasteiger partial charge in [0.05, 0.1) is 12.5 Å². The Kier molecular flexibility index (Phi) is 4.81. The van der Waals surface area contributed by atoms with Crippen LogP contribution in [0.15, 0.2) is 24.3 Å². The molecule has 3 nitrogen and oxygen atoms in total. The van der Waals surface area contributed by atoms with E-state index in [0.717, 1.165) is 24.8 Å². The molecule has 0 amide bonds. The first-order valence-electron chi connectivity index (χ1n) is 7.31. The van der Waals surface area contributed by atoms with Gasteiger partial charge in [-0.05, 0) is 56.6 Å². The van der Waals surface area contributed by atoms with E-state index in [9.17, 15) is 4.39 Å². The fourth-order valence-corrected chi connectivity index (χ4v) is 3.38. The maximum absolute atomic E-state index is 12.7. The summed E-state index contributed by atoms with van der Waals surface area (Å²) in [5, 5.41) is 0. The maximum Gasteiger partial charge on any atom is 0.123 e. The van der Waals surface area contributed by atoms with E-state index in [1.807, 2.05) is 11.9 Å². The lowest BCUT2D eigenvalue weighted by atomic mass is 10.1. The van der Waals surface area contributed by atoms with Crippen LogP contribution < -0.4 is 4.74 Å². The molecule has 1 aromatic carbocycles. The van der Waals surface area contributed by atoms with Crippen LogP contribution in [0.3, 0.4) is 0 Å². The summed E-state index contributed by atoms with van der Waals surface area (Å²) in [5.74, 6) is 1.77. The molecule has 0 aromatic heterocycles. The third kappa shape index (κ3) is 4.11. The van der Waals surface area contributed by atoms with Crippen molar-refractivity contribution in [1.82, 2.24) is 9.21 Å². The molecule has 20 heavy (non-hydrogen) atoms. The van der Waals surface area contributed by atoms with Gasteiger partial charge in [0.15, 0.2) is 0 Å².